The highest BCUT2D eigenvalue weighted by molar-refractivity contribution is 5.44. The Morgan fingerprint density at radius 1 is 1.39 bits per heavy atom. The third-order valence-electron chi connectivity index (χ3n) is 3.96. The summed E-state index contributed by atoms with van der Waals surface area (Å²) in [6.45, 7) is 2.06. The van der Waals surface area contributed by atoms with Crippen LogP contribution in [0.2, 0.25) is 0 Å². The molecular weight excluding hydrogens is 224 g/mol. The molecule has 3 nitrogen and oxygen atoms in total. The van der Waals surface area contributed by atoms with Gasteiger partial charge in [0.15, 0.2) is 0 Å². The number of anilines is 1. The maximum absolute atomic E-state index is 5.90. The molecule has 0 saturated heterocycles. The quantitative estimate of drug-likeness (QED) is 0.838. The molecule has 1 aromatic carbocycles. The summed E-state index contributed by atoms with van der Waals surface area (Å²) in [7, 11) is 0. The minimum Gasteiger partial charge on any atom is -0.399 e. The van der Waals surface area contributed by atoms with Crippen LogP contribution in [0.1, 0.15) is 42.1 Å². The molecule has 1 aromatic heterocycles. The summed E-state index contributed by atoms with van der Waals surface area (Å²) in [6, 6.07) is 8.14. The first kappa shape index (κ1) is 11.3. The topological polar surface area (TPSA) is 52.0 Å². The molecule has 1 saturated carbocycles. The first-order valence-corrected chi connectivity index (χ1v) is 6.52. The Hall–Kier alpha value is -1.77. The summed E-state index contributed by atoms with van der Waals surface area (Å²) >= 11 is 0. The highest BCUT2D eigenvalue weighted by Crippen LogP contribution is 2.44. The number of hydrogen-bond donors (Lipinski definition) is 1. The van der Waals surface area contributed by atoms with Crippen molar-refractivity contribution >= 4 is 5.69 Å². The molecule has 3 rings (SSSR count). The molecule has 2 N–H and O–H groups in total. The van der Waals surface area contributed by atoms with Crippen molar-refractivity contribution in [3.05, 3.63) is 47.3 Å². The lowest BCUT2D eigenvalue weighted by molar-refractivity contribution is 0.246. The molecule has 0 radical (unpaired) electrons. The minimum absolute atomic E-state index is 0.310. The second kappa shape index (κ2) is 4.48. The van der Waals surface area contributed by atoms with Crippen LogP contribution in [0, 0.1) is 12.8 Å². The molecule has 1 aliphatic carbocycles. The molecule has 18 heavy (non-hydrogen) atoms. The fourth-order valence-electron chi connectivity index (χ4n) is 2.76. The van der Waals surface area contributed by atoms with Gasteiger partial charge in [-0.25, -0.2) is 0 Å². The molecule has 0 aliphatic heterocycles. The van der Waals surface area contributed by atoms with Crippen LogP contribution in [0.25, 0.3) is 0 Å². The molecule has 1 atom stereocenters. The Morgan fingerprint density at radius 3 is 2.78 bits per heavy atom. The third-order valence-corrected chi connectivity index (χ3v) is 3.96. The second-order valence-electron chi connectivity index (χ2n) is 5.21. The number of aryl methyl sites for hydroxylation is 1. The Morgan fingerprint density at radius 2 is 2.22 bits per heavy atom. The molecular formula is C15H18N2O. The summed E-state index contributed by atoms with van der Waals surface area (Å²) in [5.41, 5.74) is 9.10. The first-order valence-electron chi connectivity index (χ1n) is 6.52. The molecule has 94 valence electrons. The van der Waals surface area contributed by atoms with Crippen molar-refractivity contribution in [2.24, 2.45) is 5.92 Å². The van der Waals surface area contributed by atoms with Crippen molar-refractivity contribution in [3.63, 3.8) is 0 Å². The van der Waals surface area contributed by atoms with E-state index in [1.165, 1.54) is 24.8 Å². The molecule has 0 spiro atoms. The van der Waals surface area contributed by atoms with Crippen LogP contribution in [0.3, 0.4) is 0 Å². The van der Waals surface area contributed by atoms with Crippen molar-refractivity contribution in [1.82, 2.24) is 5.16 Å². The van der Waals surface area contributed by atoms with Gasteiger partial charge in [-0.05, 0) is 43.4 Å². The number of hydrogen-bond acceptors (Lipinski definition) is 3. The van der Waals surface area contributed by atoms with Gasteiger partial charge in [-0.2, -0.15) is 0 Å². The molecule has 2 aromatic rings. The SMILES string of the molecule is Cc1cnoc1C(c1cccc(N)c1)C1CCC1. The van der Waals surface area contributed by atoms with Gasteiger partial charge in [-0.3, -0.25) is 0 Å². The summed E-state index contributed by atoms with van der Waals surface area (Å²) < 4.78 is 5.49. The molecule has 1 unspecified atom stereocenters. The van der Waals surface area contributed by atoms with E-state index in [0.717, 1.165) is 17.0 Å². The highest BCUT2D eigenvalue weighted by Gasteiger charge is 2.33. The molecule has 0 bridgehead atoms. The minimum atomic E-state index is 0.310. The fraction of sp³-hybridized carbons (Fsp3) is 0.400. The lowest BCUT2D eigenvalue weighted by Crippen LogP contribution is -2.21. The predicted molar refractivity (Wildman–Crippen MR) is 71.3 cm³/mol. The van der Waals surface area contributed by atoms with Crippen LogP contribution in [0.5, 0.6) is 0 Å². The van der Waals surface area contributed by atoms with Gasteiger partial charge in [0.2, 0.25) is 0 Å². The molecule has 0 amide bonds. The number of nitrogen functional groups attached to an aromatic ring is 1. The Bertz CT molecular complexity index is 543. The lowest BCUT2D eigenvalue weighted by Gasteiger charge is -2.33. The zero-order valence-electron chi connectivity index (χ0n) is 10.6. The van der Waals surface area contributed by atoms with Gasteiger partial charge in [-0.15, -0.1) is 0 Å². The average molecular weight is 242 g/mol. The standard InChI is InChI=1S/C15H18N2O/c1-10-9-17-18-15(10)14(11-4-2-5-11)12-6-3-7-13(16)8-12/h3,6-9,11,14H,2,4-5,16H2,1H3. The van der Waals surface area contributed by atoms with Crippen LogP contribution in [0.4, 0.5) is 5.69 Å². The Kier molecular flexibility index (Phi) is 2.82. The third kappa shape index (κ3) is 1.90. The van der Waals surface area contributed by atoms with E-state index in [-0.39, 0.29) is 0 Å². The van der Waals surface area contributed by atoms with E-state index in [1.807, 2.05) is 12.1 Å². The van der Waals surface area contributed by atoms with Gasteiger partial charge in [0.1, 0.15) is 5.76 Å². The number of nitrogens with zero attached hydrogens (tertiary/aromatic N) is 1. The lowest BCUT2D eigenvalue weighted by atomic mass is 9.71. The van der Waals surface area contributed by atoms with Crippen molar-refractivity contribution < 1.29 is 4.52 Å². The van der Waals surface area contributed by atoms with Crippen molar-refractivity contribution in [1.29, 1.82) is 0 Å². The molecule has 1 heterocycles. The van der Waals surface area contributed by atoms with E-state index in [9.17, 15) is 0 Å². The van der Waals surface area contributed by atoms with Gasteiger partial charge < -0.3 is 10.3 Å². The van der Waals surface area contributed by atoms with E-state index in [0.29, 0.717) is 11.8 Å². The van der Waals surface area contributed by atoms with E-state index >= 15 is 0 Å². The number of benzene rings is 1. The van der Waals surface area contributed by atoms with Crippen LogP contribution >= 0.6 is 0 Å². The number of rotatable bonds is 3. The second-order valence-corrected chi connectivity index (χ2v) is 5.21. The molecule has 1 fully saturated rings. The van der Waals surface area contributed by atoms with Gasteiger partial charge in [-0.1, -0.05) is 23.7 Å². The monoisotopic (exact) mass is 242 g/mol. The summed E-state index contributed by atoms with van der Waals surface area (Å²) in [4.78, 5) is 0. The highest BCUT2D eigenvalue weighted by atomic mass is 16.5. The van der Waals surface area contributed by atoms with Crippen LogP contribution < -0.4 is 5.73 Å². The van der Waals surface area contributed by atoms with E-state index < -0.39 is 0 Å². The summed E-state index contributed by atoms with van der Waals surface area (Å²) in [5.74, 6) is 1.98. The van der Waals surface area contributed by atoms with Gasteiger partial charge in [0.25, 0.3) is 0 Å². The maximum atomic E-state index is 5.90. The van der Waals surface area contributed by atoms with E-state index in [1.54, 1.807) is 6.20 Å². The van der Waals surface area contributed by atoms with Crippen molar-refractivity contribution in [2.75, 3.05) is 5.73 Å². The fourth-order valence-corrected chi connectivity index (χ4v) is 2.76. The Labute approximate surface area is 107 Å². The maximum Gasteiger partial charge on any atom is 0.147 e. The molecule has 3 heteroatoms. The van der Waals surface area contributed by atoms with Crippen molar-refractivity contribution in [2.45, 2.75) is 32.1 Å². The van der Waals surface area contributed by atoms with Crippen molar-refractivity contribution in [3.8, 4) is 0 Å². The summed E-state index contributed by atoms with van der Waals surface area (Å²) in [5, 5.41) is 3.93. The van der Waals surface area contributed by atoms with E-state index in [4.69, 9.17) is 10.3 Å². The Balaban J connectivity index is 2.03. The van der Waals surface area contributed by atoms with Crippen LogP contribution in [0.15, 0.2) is 35.0 Å². The van der Waals surface area contributed by atoms with Crippen LogP contribution in [-0.4, -0.2) is 5.16 Å². The number of aromatic nitrogens is 1. The van der Waals surface area contributed by atoms with Gasteiger partial charge in [0.05, 0.1) is 6.20 Å². The van der Waals surface area contributed by atoms with E-state index in [2.05, 4.69) is 24.2 Å². The van der Waals surface area contributed by atoms with Gasteiger partial charge >= 0.3 is 0 Å². The largest absolute Gasteiger partial charge is 0.399 e. The number of nitrogens with two attached hydrogens (primary N) is 1. The first-order chi connectivity index (χ1) is 8.75. The predicted octanol–water partition coefficient (Wildman–Crippen LogP) is 3.50. The normalized spacial score (nSPS) is 17.4. The average Bonchev–Trinajstić information content (AvgIpc) is 2.69. The zero-order chi connectivity index (χ0) is 12.5. The summed E-state index contributed by atoms with van der Waals surface area (Å²) in [6.07, 6.45) is 5.64. The smallest absolute Gasteiger partial charge is 0.147 e. The zero-order valence-corrected chi connectivity index (χ0v) is 10.6. The molecule has 1 aliphatic rings. The van der Waals surface area contributed by atoms with Gasteiger partial charge in [0, 0.05) is 17.2 Å². The van der Waals surface area contributed by atoms with Crippen LogP contribution in [-0.2, 0) is 0 Å².